The Morgan fingerprint density at radius 2 is 2.33 bits per heavy atom. The Bertz CT molecular complexity index is 359. The van der Waals surface area contributed by atoms with Gasteiger partial charge in [-0.15, -0.1) is 10.2 Å². The lowest BCUT2D eigenvalue weighted by molar-refractivity contribution is 0.429. The molecule has 0 radical (unpaired) electrons. The van der Waals surface area contributed by atoms with Crippen molar-refractivity contribution < 1.29 is 12.8 Å². The van der Waals surface area contributed by atoms with Gasteiger partial charge >= 0.3 is 0 Å². The molecule has 0 aliphatic carbocycles. The van der Waals surface area contributed by atoms with E-state index in [9.17, 15) is 12.8 Å². The van der Waals surface area contributed by atoms with Crippen molar-refractivity contribution in [3.8, 4) is 0 Å². The van der Waals surface area contributed by atoms with Crippen molar-refractivity contribution in [2.75, 3.05) is 12.9 Å². The van der Waals surface area contributed by atoms with Crippen molar-refractivity contribution in [2.45, 2.75) is 11.7 Å². The van der Waals surface area contributed by atoms with Crippen LogP contribution in [0.3, 0.4) is 0 Å². The fraction of sp³-hybridized carbons (Fsp3) is 0.600. The highest BCUT2D eigenvalue weighted by atomic mass is 32.2. The maximum atomic E-state index is 11.9. The predicted molar refractivity (Wildman–Crippen MR) is 39.1 cm³/mol. The lowest BCUT2D eigenvalue weighted by Gasteiger charge is -1.99. The van der Waals surface area contributed by atoms with Crippen molar-refractivity contribution in [2.24, 2.45) is 0 Å². The maximum absolute atomic E-state index is 11.9. The summed E-state index contributed by atoms with van der Waals surface area (Å²) in [6.45, 7) is -0.671. The van der Waals surface area contributed by atoms with Crippen LogP contribution in [0.15, 0.2) is 11.5 Å². The fourth-order valence-corrected chi connectivity index (χ4v) is 1.54. The number of halogens is 1. The minimum absolute atomic E-state index is 0.0323. The Morgan fingerprint density at radius 1 is 1.67 bits per heavy atom. The molecule has 0 saturated heterocycles. The molecule has 0 bridgehead atoms. The molecule has 1 rings (SSSR count). The van der Waals surface area contributed by atoms with E-state index >= 15 is 0 Å². The minimum atomic E-state index is -3.39. The highest BCUT2D eigenvalue weighted by molar-refractivity contribution is 7.90. The SMILES string of the molecule is CS(=O)(=O)c1nncn1CCF. The fourth-order valence-electron chi connectivity index (χ4n) is 0.776. The summed E-state index contributed by atoms with van der Waals surface area (Å²) < 4.78 is 34.9. The highest BCUT2D eigenvalue weighted by Crippen LogP contribution is 2.03. The number of aromatic nitrogens is 3. The molecule has 0 spiro atoms. The molecule has 0 saturated carbocycles. The van der Waals surface area contributed by atoms with E-state index < -0.39 is 16.5 Å². The lowest BCUT2D eigenvalue weighted by atomic mass is 10.7. The first-order valence-electron chi connectivity index (χ1n) is 3.19. The van der Waals surface area contributed by atoms with Crippen LogP contribution in [0.2, 0.25) is 0 Å². The largest absolute Gasteiger partial charge is 0.302 e. The molecule has 68 valence electrons. The van der Waals surface area contributed by atoms with Gasteiger partial charge in [-0.05, 0) is 0 Å². The summed E-state index contributed by atoms with van der Waals surface area (Å²) in [5, 5.41) is 6.54. The Kier molecular flexibility index (Phi) is 2.41. The molecule has 0 aromatic carbocycles. The van der Waals surface area contributed by atoms with Crippen LogP contribution in [0.4, 0.5) is 4.39 Å². The summed E-state index contributed by atoms with van der Waals surface area (Å²) in [4.78, 5) is 0. The molecule has 0 aliphatic heterocycles. The predicted octanol–water partition coefficient (Wildman–Crippen LogP) is -0.349. The minimum Gasteiger partial charge on any atom is -0.302 e. The summed E-state index contributed by atoms with van der Waals surface area (Å²) in [6.07, 6.45) is 2.20. The summed E-state index contributed by atoms with van der Waals surface area (Å²) in [6, 6.07) is 0. The quantitative estimate of drug-likeness (QED) is 0.658. The first-order chi connectivity index (χ1) is 5.55. The van der Waals surface area contributed by atoms with Gasteiger partial charge < -0.3 is 4.57 Å². The number of hydrogen-bond donors (Lipinski definition) is 0. The van der Waals surface area contributed by atoms with Gasteiger partial charge in [0.2, 0.25) is 15.0 Å². The number of hydrogen-bond acceptors (Lipinski definition) is 4. The molecule has 7 heteroatoms. The molecule has 5 nitrogen and oxygen atoms in total. The van der Waals surface area contributed by atoms with Crippen molar-refractivity contribution in [3.05, 3.63) is 6.33 Å². The zero-order chi connectivity index (χ0) is 9.19. The third-order valence-electron chi connectivity index (χ3n) is 1.24. The van der Waals surface area contributed by atoms with Gasteiger partial charge in [-0.2, -0.15) is 0 Å². The normalized spacial score (nSPS) is 11.8. The van der Waals surface area contributed by atoms with Crippen LogP contribution in [0.1, 0.15) is 0 Å². The van der Waals surface area contributed by atoms with Gasteiger partial charge in [0.25, 0.3) is 0 Å². The molecule has 12 heavy (non-hydrogen) atoms. The van der Waals surface area contributed by atoms with E-state index in [-0.39, 0.29) is 11.7 Å². The van der Waals surface area contributed by atoms with Crippen molar-refractivity contribution in [1.29, 1.82) is 0 Å². The van der Waals surface area contributed by atoms with Crippen LogP contribution in [0, 0.1) is 0 Å². The second-order valence-corrected chi connectivity index (χ2v) is 4.18. The van der Waals surface area contributed by atoms with Gasteiger partial charge in [-0.25, -0.2) is 12.8 Å². The topological polar surface area (TPSA) is 64.8 Å². The molecule has 0 atom stereocenters. The third kappa shape index (κ3) is 1.79. The van der Waals surface area contributed by atoms with Gasteiger partial charge in [0.1, 0.15) is 13.0 Å². The monoisotopic (exact) mass is 193 g/mol. The van der Waals surface area contributed by atoms with Crippen LogP contribution in [-0.4, -0.2) is 36.1 Å². The summed E-state index contributed by atoms with van der Waals surface area (Å²) in [5.41, 5.74) is 0. The third-order valence-corrected chi connectivity index (χ3v) is 2.22. The standard InChI is InChI=1S/C5H8FN3O2S/c1-12(10,11)5-8-7-4-9(5)3-2-6/h4H,2-3H2,1H3. The molecule has 0 unspecified atom stereocenters. The van der Waals surface area contributed by atoms with Gasteiger partial charge in [-0.1, -0.05) is 0 Å². The molecule has 0 amide bonds. The van der Waals surface area contributed by atoms with Crippen LogP contribution < -0.4 is 0 Å². The number of aryl methyl sites for hydroxylation is 1. The van der Waals surface area contributed by atoms with Gasteiger partial charge in [0.15, 0.2) is 0 Å². The van der Waals surface area contributed by atoms with Gasteiger partial charge in [0, 0.05) is 6.26 Å². The highest BCUT2D eigenvalue weighted by Gasteiger charge is 2.14. The number of alkyl halides is 1. The molecular weight excluding hydrogens is 185 g/mol. The molecule has 1 aromatic rings. The van der Waals surface area contributed by atoms with E-state index in [1.54, 1.807) is 0 Å². The van der Waals surface area contributed by atoms with Crippen molar-refractivity contribution in [1.82, 2.24) is 14.8 Å². The summed E-state index contributed by atoms with van der Waals surface area (Å²) >= 11 is 0. The Labute approximate surface area is 69.1 Å². The summed E-state index contributed by atoms with van der Waals surface area (Å²) in [5.74, 6) is 0. The molecule has 1 aromatic heterocycles. The lowest BCUT2D eigenvalue weighted by Crippen LogP contribution is -2.09. The van der Waals surface area contributed by atoms with E-state index in [0.717, 1.165) is 10.8 Å². The second kappa shape index (κ2) is 3.18. The van der Waals surface area contributed by atoms with Crippen LogP contribution in [0.5, 0.6) is 0 Å². The van der Waals surface area contributed by atoms with Gasteiger partial charge in [-0.3, -0.25) is 0 Å². The Hall–Kier alpha value is -0.980. The first-order valence-corrected chi connectivity index (χ1v) is 5.08. The van der Waals surface area contributed by atoms with Crippen LogP contribution in [0.25, 0.3) is 0 Å². The summed E-state index contributed by atoms with van der Waals surface area (Å²) in [7, 11) is -3.39. The maximum Gasteiger partial charge on any atom is 0.249 e. The van der Waals surface area contributed by atoms with E-state index in [2.05, 4.69) is 10.2 Å². The number of sulfone groups is 1. The van der Waals surface area contributed by atoms with Gasteiger partial charge in [0.05, 0.1) is 6.54 Å². The molecule has 0 N–H and O–H groups in total. The number of rotatable bonds is 3. The van der Waals surface area contributed by atoms with E-state index in [1.165, 1.54) is 6.33 Å². The Balaban J connectivity index is 3.08. The molecule has 1 heterocycles. The second-order valence-electron chi connectivity index (χ2n) is 2.27. The smallest absolute Gasteiger partial charge is 0.249 e. The zero-order valence-corrected chi connectivity index (χ0v) is 7.25. The average molecular weight is 193 g/mol. The molecular formula is C5H8FN3O2S. The Morgan fingerprint density at radius 3 is 2.83 bits per heavy atom. The molecule has 0 aliphatic rings. The van der Waals surface area contributed by atoms with Crippen molar-refractivity contribution >= 4 is 9.84 Å². The van der Waals surface area contributed by atoms with Crippen LogP contribution in [-0.2, 0) is 16.4 Å². The van der Waals surface area contributed by atoms with E-state index in [4.69, 9.17) is 0 Å². The van der Waals surface area contributed by atoms with E-state index in [1.807, 2.05) is 0 Å². The van der Waals surface area contributed by atoms with Crippen LogP contribution >= 0.6 is 0 Å². The average Bonchev–Trinajstić information content (AvgIpc) is 2.34. The van der Waals surface area contributed by atoms with Crippen molar-refractivity contribution in [3.63, 3.8) is 0 Å². The zero-order valence-electron chi connectivity index (χ0n) is 6.44. The van der Waals surface area contributed by atoms with E-state index in [0.29, 0.717) is 0 Å². The molecule has 0 fully saturated rings. The first kappa shape index (κ1) is 9.11. The number of nitrogens with zero attached hydrogens (tertiary/aromatic N) is 3.